The average molecular weight is 226 g/mol. The van der Waals surface area contributed by atoms with E-state index in [4.69, 9.17) is 4.74 Å². The maximum atomic E-state index is 11.8. The first-order chi connectivity index (χ1) is 7.65. The standard InChI is InChI=1S/C14H26O2/c1-11(2)12-7-8-14(15)13(10-12)6-4-5-9-16-3/h11-13H,4-10H2,1-3H3. The highest BCUT2D eigenvalue weighted by Crippen LogP contribution is 2.33. The maximum Gasteiger partial charge on any atom is 0.135 e. The van der Waals surface area contributed by atoms with Crippen LogP contribution >= 0.6 is 0 Å². The van der Waals surface area contributed by atoms with E-state index in [1.807, 2.05) is 0 Å². The van der Waals surface area contributed by atoms with Crippen molar-refractivity contribution in [1.29, 1.82) is 0 Å². The van der Waals surface area contributed by atoms with E-state index in [0.29, 0.717) is 11.7 Å². The van der Waals surface area contributed by atoms with Crippen LogP contribution in [0.5, 0.6) is 0 Å². The Labute approximate surface area is 99.8 Å². The van der Waals surface area contributed by atoms with E-state index in [2.05, 4.69) is 13.8 Å². The molecule has 0 heterocycles. The van der Waals surface area contributed by atoms with Gasteiger partial charge >= 0.3 is 0 Å². The molecule has 0 spiro atoms. The number of carbonyl (C=O) groups is 1. The lowest BCUT2D eigenvalue weighted by Gasteiger charge is -2.30. The Morgan fingerprint density at radius 2 is 2.12 bits per heavy atom. The summed E-state index contributed by atoms with van der Waals surface area (Å²) >= 11 is 0. The Bertz CT molecular complexity index is 211. The molecular formula is C14H26O2. The predicted octanol–water partition coefficient (Wildman–Crippen LogP) is 3.44. The van der Waals surface area contributed by atoms with Crippen molar-refractivity contribution in [2.75, 3.05) is 13.7 Å². The van der Waals surface area contributed by atoms with E-state index in [1.54, 1.807) is 7.11 Å². The van der Waals surface area contributed by atoms with Crippen LogP contribution in [0.3, 0.4) is 0 Å². The van der Waals surface area contributed by atoms with Gasteiger partial charge < -0.3 is 4.74 Å². The first kappa shape index (κ1) is 13.7. The van der Waals surface area contributed by atoms with Gasteiger partial charge in [-0.25, -0.2) is 0 Å². The highest BCUT2D eigenvalue weighted by molar-refractivity contribution is 5.81. The topological polar surface area (TPSA) is 26.3 Å². The number of rotatable bonds is 6. The van der Waals surface area contributed by atoms with E-state index in [-0.39, 0.29) is 0 Å². The summed E-state index contributed by atoms with van der Waals surface area (Å²) in [6.07, 6.45) is 6.36. The van der Waals surface area contributed by atoms with E-state index in [0.717, 1.165) is 57.0 Å². The predicted molar refractivity (Wildman–Crippen MR) is 66.4 cm³/mol. The van der Waals surface area contributed by atoms with Crippen molar-refractivity contribution in [2.24, 2.45) is 17.8 Å². The average Bonchev–Trinajstić information content (AvgIpc) is 2.26. The van der Waals surface area contributed by atoms with Crippen molar-refractivity contribution in [3.63, 3.8) is 0 Å². The van der Waals surface area contributed by atoms with Crippen LogP contribution in [0.4, 0.5) is 0 Å². The van der Waals surface area contributed by atoms with E-state index in [9.17, 15) is 4.79 Å². The van der Waals surface area contributed by atoms with Crippen LogP contribution in [-0.4, -0.2) is 19.5 Å². The molecule has 2 heteroatoms. The third-order valence-corrected chi connectivity index (χ3v) is 3.90. The molecule has 0 aromatic rings. The van der Waals surface area contributed by atoms with Crippen LogP contribution in [0.1, 0.15) is 52.4 Å². The van der Waals surface area contributed by atoms with E-state index in [1.165, 1.54) is 0 Å². The lowest BCUT2D eigenvalue weighted by atomic mass is 9.74. The molecule has 0 radical (unpaired) electrons. The van der Waals surface area contributed by atoms with E-state index >= 15 is 0 Å². The summed E-state index contributed by atoms with van der Waals surface area (Å²) in [5.74, 6) is 2.35. The van der Waals surface area contributed by atoms with Crippen LogP contribution in [0, 0.1) is 17.8 Å². The number of unbranched alkanes of at least 4 members (excludes halogenated alkanes) is 1. The molecule has 1 fully saturated rings. The molecule has 0 saturated heterocycles. The Hall–Kier alpha value is -0.370. The molecule has 1 aliphatic rings. The minimum Gasteiger partial charge on any atom is -0.385 e. The maximum absolute atomic E-state index is 11.8. The zero-order valence-electron chi connectivity index (χ0n) is 11.0. The fourth-order valence-corrected chi connectivity index (χ4v) is 2.67. The Kier molecular flexibility index (Phi) is 6.04. The molecule has 2 unspecified atom stereocenters. The molecule has 94 valence electrons. The zero-order chi connectivity index (χ0) is 12.0. The van der Waals surface area contributed by atoms with Gasteiger partial charge in [0.2, 0.25) is 0 Å². The summed E-state index contributed by atoms with van der Waals surface area (Å²) in [5.41, 5.74) is 0. The van der Waals surface area contributed by atoms with Gasteiger partial charge in [0.15, 0.2) is 0 Å². The van der Waals surface area contributed by atoms with Gasteiger partial charge in [0.1, 0.15) is 5.78 Å². The summed E-state index contributed by atoms with van der Waals surface area (Å²) in [7, 11) is 1.74. The summed E-state index contributed by atoms with van der Waals surface area (Å²) in [6, 6.07) is 0. The molecule has 1 saturated carbocycles. The molecule has 2 nitrogen and oxygen atoms in total. The van der Waals surface area contributed by atoms with Crippen molar-refractivity contribution in [1.82, 2.24) is 0 Å². The van der Waals surface area contributed by atoms with Crippen molar-refractivity contribution >= 4 is 5.78 Å². The molecule has 0 N–H and O–H groups in total. The Morgan fingerprint density at radius 3 is 2.75 bits per heavy atom. The third kappa shape index (κ3) is 4.25. The molecular weight excluding hydrogens is 200 g/mol. The zero-order valence-corrected chi connectivity index (χ0v) is 11.0. The minimum absolute atomic E-state index is 0.345. The monoisotopic (exact) mass is 226 g/mol. The lowest BCUT2D eigenvalue weighted by Crippen LogP contribution is -2.27. The quantitative estimate of drug-likeness (QED) is 0.648. The fraction of sp³-hybridized carbons (Fsp3) is 0.929. The summed E-state index contributed by atoms with van der Waals surface area (Å²) in [4.78, 5) is 11.8. The molecule has 0 aliphatic heterocycles. The smallest absolute Gasteiger partial charge is 0.135 e. The van der Waals surface area contributed by atoms with Crippen molar-refractivity contribution < 1.29 is 9.53 Å². The number of Topliss-reactive ketones (excluding diaryl/α,β-unsaturated/α-hetero) is 1. The van der Waals surface area contributed by atoms with Crippen molar-refractivity contribution in [3.8, 4) is 0 Å². The molecule has 1 aliphatic carbocycles. The minimum atomic E-state index is 0.345. The molecule has 0 aromatic heterocycles. The van der Waals surface area contributed by atoms with Crippen LogP contribution < -0.4 is 0 Å². The molecule has 0 bridgehead atoms. The van der Waals surface area contributed by atoms with Crippen LogP contribution in [0.15, 0.2) is 0 Å². The molecule has 16 heavy (non-hydrogen) atoms. The first-order valence-electron chi connectivity index (χ1n) is 6.66. The van der Waals surface area contributed by atoms with Crippen LogP contribution in [0.25, 0.3) is 0 Å². The second-order valence-corrected chi connectivity index (χ2v) is 5.43. The van der Waals surface area contributed by atoms with Crippen molar-refractivity contribution in [3.05, 3.63) is 0 Å². The molecule has 2 atom stereocenters. The second kappa shape index (κ2) is 7.05. The fourth-order valence-electron chi connectivity index (χ4n) is 2.67. The SMILES string of the molecule is COCCCCC1CC(C(C)C)CCC1=O. The van der Waals surface area contributed by atoms with Crippen LogP contribution in [-0.2, 0) is 9.53 Å². The van der Waals surface area contributed by atoms with Gasteiger partial charge in [0, 0.05) is 26.1 Å². The summed E-state index contributed by atoms with van der Waals surface area (Å²) in [5, 5.41) is 0. The van der Waals surface area contributed by atoms with Crippen LogP contribution in [0.2, 0.25) is 0 Å². The van der Waals surface area contributed by atoms with Gasteiger partial charge in [-0.05, 0) is 37.5 Å². The number of methoxy groups -OCH3 is 1. The van der Waals surface area contributed by atoms with Gasteiger partial charge in [-0.1, -0.05) is 20.3 Å². The number of carbonyl (C=O) groups excluding carboxylic acids is 1. The molecule has 0 aromatic carbocycles. The van der Waals surface area contributed by atoms with Gasteiger partial charge in [-0.2, -0.15) is 0 Å². The number of hydrogen-bond acceptors (Lipinski definition) is 2. The number of ketones is 1. The van der Waals surface area contributed by atoms with Crippen molar-refractivity contribution in [2.45, 2.75) is 52.4 Å². The number of hydrogen-bond donors (Lipinski definition) is 0. The first-order valence-corrected chi connectivity index (χ1v) is 6.66. The highest BCUT2D eigenvalue weighted by Gasteiger charge is 2.29. The lowest BCUT2D eigenvalue weighted by molar-refractivity contribution is -0.126. The highest BCUT2D eigenvalue weighted by atomic mass is 16.5. The summed E-state index contributed by atoms with van der Waals surface area (Å²) in [6.45, 7) is 5.39. The van der Waals surface area contributed by atoms with Gasteiger partial charge in [0.25, 0.3) is 0 Å². The Balaban J connectivity index is 2.29. The Morgan fingerprint density at radius 1 is 1.38 bits per heavy atom. The van der Waals surface area contributed by atoms with Gasteiger partial charge in [-0.3, -0.25) is 4.79 Å². The van der Waals surface area contributed by atoms with Gasteiger partial charge in [0.05, 0.1) is 0 Å². The second-order valence-electron chi connectivity index (χ2n) is 5.43. The third-order valence-electron chi connectivity index (χ3n) is 3.90. The molecule has 0 amide bonds. The normalized spacial score (nSPS) is 26.4. The summed E-state index contributed by atoms with van der Waals surface area (Å²) < 4.78 is 5.03. The molecule has 1 rings (SSSR count). The number of ether oxygens (including phenoxy) is 1. The van der Waals surface area contributed by atoms with Gasteiger partial charge in [-0.15, -0.1) is 0 Å². The van der Waals surface area contributed by atoms with E-state index < -0.39 is 0 Å². The largest absolute Gasteiger partial charge is 0.385 e.